The Morgan fingerprint density at radius 2 is 1.82 bits per heavy atom. The Kier molecular flexibility index (Phi) is 7.39. The standard InChI is InChI=1S/C30H37N3O6/c1-4-17-31-26(35)23-24-28(37)33(22(18-34)19-9-7-6-8-10-19)25(30(24)16-15-29(23,5-2)39-30)27(36)32-20-11-13-21(38-3)14-12-20/h6-14,22-25,34H,4-5,15-18H2,1-3H3,(H,31,35)(H,32,36)/t22-,23-,24+,25?,29+,30?/m1/s1. The van der Waals surface area contributed by atoms with Crippen LogP contribution in [0.4, 0.5) is 5.69 Å². The highest BCUT2D eigenvalue weighted by Crippen LogP contribution is 2.65. The number of anilines is 1. The molecule has 0 saturated carbocycles. The molecule has 3 heterocycles. The number of methoxy groups -OCH3 is 1. The first kappa shape index (κ1) is 27.1. The van der Waals surface area contributed by atoms with E-state index in [9.17, 15) is 19.5 Å². The van der Waals surface area contributed by atoms with Crippen molar-refractivity contribution >= 4 is 23.4 Å². The lowest BCUT2D eigenvalue weighted by atomic mass is 9.65. The molecule has 3 N–H and O–H groups in total. The van der Waals surface area contributed by atoms with E-state index in [-0.39, 0.29) is 18.4 Å². The fraction of sp³-hybridized carbons (Fsp3) is 0.500. The molecule has 2 unspecified atom stereocenters. The summed E-state index contributed by atoms with van der Waals surface area (Å²) in [6.07, 6.45) is 2.37. The van der Waals surface area contributed by atoms with Gasteiger partial charge in [-0.25, -0.2) is 0 Å². The molecule has 3 aliphatic rings. The number of ether oxygens (including phenoxy) is 2. The largest absolute Gasteiger partial charge is 0.497 e. The van der Waals surface area contributed by atoms with Gasteiger partial charge in [-0.2, -0.15) is 0 Å². The minimum atomic E-state index is -1.18. The number of hydrogen-bond acceptors (Lipinski definition) is 6. The first-order chi connectivity index (χ1) is 18.9. The van der Waals surface area contributed by atoms with Crippen molar-refractivity contribution in [3.05, 3.63) is 60.2 Å². The highest BCUT2D eigenvalue weighted by molar-refractivity contribution is 6.04. The number of aliphatic hydroxyl groups excluding tert-OH is 1. The fourth-order valence-electron chi connectivity index (χ4n) is 6.96. The Labute approximate surface area is 228 Å². The van der Waals surface area contributed by atoms with Crippen molar-refractivity contribution in [3.8, 4) is 5.75 Å². The summed E-state index contributed by atoms with van der Waals surface area (Å²) in [5.41, 5.74) is -0.744. The van der Waals surface area contributed by atoms with Gasteiger partial charge in [0.1, 0.15) is 17.4 Å². The molecule has 3 saturated heterocycles. The number of carbonyl (C=O) groups is 3. The predicted molar refractivity (Wildman–Crippen MR) is 145 cm³/mol. The number of hydrogen-bond donors (Lipinski definition) is 3. The van der Waals surface area contributed by atoms with Crippen LogP contribution in [0.5, 0.6) is 5.75 Å². The van der Waals surface area contributed by atoms with E-state index in [1.165, 1.54) is 4.90 Å². The van der Waals surface area contributed by atoms with Crippen molar-refractivity contribution in [2.75, 3.05) is 25.6 Å². The van der Waals surface area contributed by atoms with Crippen LogP contribution in [0.2, 0.25) is 0 Å². The molecule has 3 amide bonds. The summed E-state index contributed by atoms with van der Waals surface area (Å²) in [5, 5.41) is 16.5. The first-order valence-electron chi connectivity index (χ1n) is 13.8. The number of rotatable bonds is 10. The maximum atomic E-state index is 14.4. The molecular weight excluding hydrogens is 498 g/mol. The minimum absolute atomic E-state index is 0.213. The normalized spacial score (nSPS) is 29.7. The summed E-state index contributed by atoms with van der Waals surface area (Å²) in [5.74, 6) is -1.85. The van der Waals surface area contributed by atoms with Crippen LogP contribution in [0.1, 0.15) is 51.1 Å². The van der Waals surface area contributed by atoms with Crippen LogP contribution in [0, 0.1) is 11.8 Å². The molecule has 9 nitrogen and oxygen atoms in total. The maximum absolute atomic E-state index is 14.4. The second-order valence-electron chi connectivity index (χ2n) is 10.7. The van der Waals surface area contributed by atoms with E-state index in [1.807, 2.05) is 44.2 Å². The number of amides is 3. The number of aliphatic hydroxyl groups is 1. The second kappa shape index (κ2) is 10.6. The summed E-state index contributed by atoms with van der Waals surface area (Å²) in [6.45, 7) is 4.06. The third-order valence-electron chi connectivity index (χ3n) is 8.75. The third kappa shape index (κ3) is 4.28. The van der Waals surface area contributed by atoms with Crippen LogP contribution in [-0.2, 0) is 19.1 Å². The molecule has 0 aromatic heterocycles. The van der Waals surface area contributed by atoms with Crippen molar-refractivity contribution in [1.29, 1.82) is 0 Å². The summed E-state index contributed by atoms with van der Waals surface area (Å²) < 4.78 is 12.0. The SMILES string of the molecule is CCCNC(=O)[C@H]1[C@H]2C(=O)N([C@H](CO)c3ccccc3)C(C(=O)Nc3ccc(OC)cc3)C23CC[C@]1(CC)O3. The number of benzene rings is 2. The van der Waals surface area contributed by atoms with Gasteiger partial charge in [0, 0.05) is 12.2 Å². The number of likely N-dealkylation sites (tertiary alicyclic amines) is 1. The smallest absolute Gasteiger partial charge is 0.250 e. The van der Waals surface area contributed by atoms with Crippen LogP contribution in [0.15, 0.2) is 54.6 Å². The Morgan fingerprint density at radius 3 is 2.44 bits per heavy atom. The molecule has 3 fully saturated rings. The van der Waals surface area contributed by atoms with Crippen LogP contribution in [0.3, 0.4) is 0 Å². The maximum Gasteiger partial charge on any atom is 0.250 e. The molecule has 3 aliphatic heterocycles. The molecule has 6 atom stereocenters. The third-order valence-corrected chi connectivity index (χ3v) is 8.75. The van der Waals surface area contributed by atoms with Gasteiger partial charge in [-0.15, -0.1) is 0 Å². The molecule has 2 bridgehead atoms. The van der Waals surface area contributed by atoms with E-state index < -0.39 is 41.0 Å². The first-order valence-corrected chi connectivity index (χ1v) is 13.8. The van der Waals surface area contributed by atoms with E-state index in [0.717, 1.165) is 6.42 Å². The number of nitrogens with one attached hydrogen (secondary N) is 2. The minimum Gasteiger partial charge on any atom is -0.497 e. The zero-order chi connectivity index (χ0) is 27.8. The predicted octanol–water partition coefficient (Wildman–Crippen LogP) is 3.05. The van der Waals surface area contributed by atoms with Gasteiger partial charge in [-0.3, -0.25) is 14.4 Å². The van der Waals surface area contributed by atoms with E-state index in [0.29, 0.717) is 42.8 Å². The van der Waals surface area contributed by atoms with Gasteiger partial charge in [0.25, 0.3) is 0 Å². The average Bonchev–Trinajstić information content (AvgIpc) is 3.57. The fourth-order valence-corrected chi connectivity index (χ4v) is 6.96. The van der Waals surface area contributed by atoms with Crippen LogP contribution in [0.25, 0.3) is 0 Å². The quantitative estimate of drug-likeness (QED) is 0.431. The molecule has 208 valence electrons. The lowest BCUT2D eigenvalue weighted by molar-refractivity contribution is -0.149. The summed E-state index contributed by atoms with van der Waals surface area (Å²) >= 11 is 0. The topological polar surface area (TPSA) is 117 Å². The summed E-state index contributed by atoms with van der Waals surface area (Å²) in [7, 11) is 1.57. The van der Waals surface area contributed by atoms with E-state index in [4.69, 9.17) is 9.47 Å². The van der Waals surface area contributed by atoms with Crippen LogP contribution < -0.4 is 15.4 Å². The molecule has 1 spiro atoms. The van der Waals surface area contributed by atoms with Crippen molar-refractivity contribution < 1.29 is 29.0 Å². The summed E-state index contributed by atoms with van der Waals surface area (Å²) in [6, 6.07) is 14.3. The Balaban J connectivity index is 1.59. The molecule has 0 aliphatic carbocycles. The molecule has 5 rings (SSSR count). The van der Waals surface area contributed by atoms with Gasteiger partial charge in [0.05, 0.1) is 37.2 Å². The number of carbonyl (C=O) groups excluding carboxylic acids is 3. The molecule has 2 aromatic carbocycles. The van der Waals surface area contributed by atoms with Crippen molar-refractivity contribution in [1.82, 2.24) is 10.2 Å². The zero-order valence-electron chi connectivity index (χ0n) is 22.7. The molecular formula is C30H37N3O6. The molecule has 0 radical (unpaired) electrons. The lowest BCUT2D eigenvalue weighted by Gasteiger charge is -2.37. The highest BCUT2D eigenvalue weighted by Gasteiger charge is 2.79. The lowest BCUT2D eigenvalue weighted by Crippen LogP contribution is -2.54. The van der Waals surface area contributed by atoms with Crippen molar-refractivity contribution in [2.24, 2.45) is 11.8 Å². The highest BCUT2D eigenvalue weighted by atomic mass is 16.5. The zero-order valence-corrected chi connectivity index (χ0v) is 22.7. The van der Waals surface area contributed by atoms with Crippen molar-refractivity contribution in [3.63, 3.8) is 0 Å². The van der Waals surface area contributed by atoms with Gasteiger partial charge in [0.15, 0.2) is 0 Å². The van der Waals surface area contributed by atoms with Gasteiger partial charge >= 0.3 is 0 Å². The Bertz CT molecular complexity index is 1220. The monoisotopic (exact) mass is 535 g/mol. The summed E-state index contributed by atoms with van der Waals surface area (Å²) in [4.78, 5) is 43.6. The molecule has 39 heavy (non-hydrogen) atoms. The molecule has 2 aromatic rings. The van der Waals surface area contributed by atoms with E-state index >= 15 is 0 Å². The van der Waals surface area contributed by atoms with Gasteiger partial charge < -0.3 is 30.1 Å². The number of nitrogens with zero attached hydrogens (tertiary/aromatic N) is 1. The van der Waals surface area contributed by atoms with Gasteiger partial charge in [-0.1, -0.05) is 44.2 Å². The van der Waals surface area contributed by atoms with Crippen LogP contribution in [-0.4, -0.2) is 65.2 Å². The molecule has 9 heteroatoms. The van der Waals surface area contributed by atoms with E-state index in [2.05, 4.69) is 10.6 Å². The van der Waals surface area contributed by atoms with Gasteiger partial charge in [-0.05, 0) is 55.5 Å². The Hall–Kier alpha value is -3.43. The average molecular weight is 536 g/mol. The number of fused-ring (bicyclic) bond motifs is 1. The second-order valence-corrected chi connectivity index (χ2v) is 10.7. The Morgan fingerprint density at radius 1 is 1.10 bits per heavy atom. The van der Waals surface area contributed by atoms with Crippen molar-refractivity contribution in [2.45, 2.75) is 62.8 Å². The van der Waals surface area contributed by atoms with Crippen LogP contribution >= 0.6 is 0 Å². The van der Waals surface area contributed by atoms with Gasteiger partial charge in [0.2, 0.25) is 17.7 Å². The van der Waals surface area contributed by atoms with E-state index in [1.54, 1.807) is 31.4 Å².